The van der Waals surface area contributed by atoms with E-state index in [4.69, 9.17) is 15.2 Å². The molecule has 0 saturated heterocycles. The number of anilines is 1. The lowest BCUT2D eigenvalue weighted by Gasteiger charge is -2.29. The van der Waals surface area contributed by atoms with Crippen molar-refractivity contribution in [3.8, 4) is 5.88 Å². The molecule has 1 aliphatic carbocycles. The van der Waals surface area contributed by atoms with Gasteiger partial charge in [0.15, 0.2) is 0 Å². The zero-order valence-corrected chi connectivity index (χ0v) is 13.8. The van der Waals surface area contributed by atoms with E-state index in [1.54, 1.807) is 7.11 Å². The van der Waals surface area contributed by atoms with Crippen LogP contribution in [0.25, 0.3) is 0 Å². The third kappa shape index (κ3) is 3.84. The van der Waals surface area contributed by atoms with E-state index in [1.165, 1.54) is 0 Å². The molecule has 21 heavy (non-hydrogen) atoms. The number of hydrogen-bond donors (Lipinski definition) is 1. The molecule has 5 nitrogen and oxygen atoms in total. The lowest BCUT2D eigenvalue weighted by molar-refractivity contribution is 0.0191. The fourth-order valence-electron chi connectivity index (χ4n) is 2.54. The number of aromatic nitrogens is 2. The number of nitrogen functional groups attached to an aromatic ring is 1. The van der Waals surface area contributed by atoms with Crippen LogP contribution in [-0.2, 0) is 10.2 Å². The molecule has 0 amide bonds. The van der Waals surface area contributed by atoms with Crippen LogP contribution >= 0.6 is 0 Å². The molecule has 0 aromatic carbocycles. The standard InChI is InChI=1S/C16H27N3O2/c1-10-13(17)18-15(16(2,3)4)19-14(10)21-12-8-6-7-11(9-12)20-5/h11-12H,6-9H2,1-5H3,(H2,17,18,19). The number of hydrogen-bond acceptors (Lipinski definition) is 5. The molecule has 5 heteroatoms. The van der Waals surface area contributed by atoms with Gasteiger partial charge in [0.2, 0.25) is 5.88 Å². The first-order valence-corrected chi connectivity index (χ1v) is 7.65. The number of methoxy groups -OCH3 is 1. The highest BCUT2D eigenvalue weighted by atomic mass is 16.5. The summed E-state index contributed by atoms with van der Waals surface area (Å²) in [5.74, 6) is 1.85. The molecular weight excluding hydrogens is 266 g/mol. The van der Waals surface area contributed by atoms with Crippen LogP contribution in [0.1, 0.15) is 57.8 Å². The van der Waals surface area contributed by atoms with Crippen LogP contribution in [0.2, 0.25) is 0 Å². The first-order valence-electron chi connectivity index (χ1n) is 7.65. The van der Waals surface area contributed by atoms with E-state index < -0.39 is 0 Å². The molecular formula is C16H27N3O2. The maximum Gasteiger partial charge on any atom is 0.222 e. The van der Waals surface area contributed by atoms with E-state index in [-0.39, 0.29) is 17.6 Å². The molecule has 1 aromatic heterocycles. The Kier molecular flexibility index (Phi) is 4.71. The summed E-state index contributed by atoms with van der Waals surface area (Å²) in [6.45, 7) is 8.13. The highest BCUT2D eigenvalue weighted by Crippen LogP contribution is 2.30. The molecule has 1 fully saturated rings. The summed E-state index contributed by atoms with van der Waals surface area (Å²) >= 11 is 0. The van der Waals surface area contributed by atoms with Crippen molar-refractivity contribution in [2.75, 3.05) is 12.8 Å². The Bertz CT molecular complexity index is 497. The van der Waals surface area contributed by atoms with Crippen molar-refractivity contribution < 1.29 is 9.47 Å². The van der Waals surface area contributed by atoms with Crippen LogP contribution < -0.4 is 10.5 Å². The third-order valence-electron chi connectivity index (χ3n) is 4.00. The number of nitrogens with two attached hydrogens (primary N) is 1. The molecule has 2 N–H and O–H groups in total. The number of nitrogens with zero attached hydrogens (tertiary/aromatic N) is 2. The Balaban J connectivity index is 2.21. The van der Waals surface area contributed by atoms with Gasteiger partial charge in [-0.1, -0.05) is 20.8 Å². The van der Waals surface area contributed by atoms with Gasteiger partial charge in [0.05, 0.1) is 11.7 Å². The van der Waals surface area contributed by atoms with Gasteiger partial charge in [-0.25, -0.2) is 4.98 Å². The monoisotopic (exact) mass is 293 g/mol. The minimum absolute atomic E-state index is 0.143. The fraction of sp³-hybridized carbons (Fsp3) is 0.750. The molecule has 1 aliphatic rings. The minimum Gasteiger partial charge on any atom is -0.474 e. The summed E-state index contributed by atoms with van der Waals surface area (Å²) in [6.07, 6.45) is 4.59. The Morgan fingerprint density at radius 1 is 1.14 bits per heavy atom. The van der Waals surface area contributed by atoms with Crippen molar-refractivity contribution >= 4 is 5.82 Å². The van der Waals surface area contributed by atoms with Gasteiger partial charge in [-0.3, -0.25) is 0 Å². The molecule has 0 bridgehead atoms. The third-order valence-corrected chi connectivity index (χ3v) is 4.00. The maximum atomic E-state index is 6.12. The van der Waals surface area contributed by atoms with Crippen molar-refractivity contribution in [2.45, 2.75) is 71.0 Å². The SMILES string of the molecule is COC1CCCC(Oc2nc(C(C)(C)C)nc(N)c2C)C1. The van der Waals surface area contributed by atoms with E-state index in [1.807, 2.05) is 6.92 Å². The summed E-state index contributed by atoms with van der Waals surface area (Å²) < 4.78 is 11.6. The van der Waals surface area contributed by atoms with Gasteiger partial charge >= 0.3 is 0 Å². The van der Waals surface area contributed by atoms with Gasteiger partial charge in [-0.15, -0.1) is 0 Å². The summed E-state index contributed by atoms with van der Waals surface area (Å²) in [5, 5.41) is 0. The Morgan fingerprint density at radius 3 is 2.43 bits per heavy atom. The summed E-state index contributed by atoms with van der Waals surface area (Å²) in [7, 11) is 1.76. The predicted molar refractivity (Wildman–Crippen MR) is 83.6 cm³/mol. The molecule has 118 valence electrons. The smallest absolute Gasteiger partial charge is 0.222 e. The van der Waals surface area contributed by atoms with Gasteiger partial charge in [0.1, 0.15) is 17.7 Å². The molecule has 2 rings (SSSR count). The average molecular weight is 293 g/mol. The van der Waals surface area contributed by atoms with Gasteiger partial charge < -0.3 is 15.2 Å². The average Bonchev–Trinajstić information content (AvgIpc) is 2.42. The van der Waals surface area contributed by atoms with Crippen molar-refractivity contribution in [1.82, 2.24) is 9.97 Å². The lowest BCUT2D eigenvalue weighted by Crippen LogP contribution is -2.30. The van der Waals surface area contributed by atoms with Crippen molar-refractivity contribution in [1.29, 1.82) is 0 Å². The van der Waals surface area contributed by atoms with Crippen LogP contribution in [0.3, 0.4) is 0 Å². The lowest BCUT2D eigenvalue weighted by atomic mass is 9.94. The van der Waals surface area contributed by atoms with Crippen LogP contribution in [0.5, 0.6) is 5.88 Å². The molecule has 1 heterocycles. The first kappa shape index (κ1) is 16.0. The Hall–Kier alpha value is -1.36. The van der Waals surface area contributed by atoms with Crippen molar-refractivity contribution in [2.24, 2.45) is 0 Å². The summed E-state index contributed by atoms with van der Waals surface area (Å²) in [5.41, 5.74) is 6.69. The van der Waals surface area contributed by atoms with Crippen LogP contribution in [0.4, 0.5) is 5.82 Å². The highest BCUT2D eigenvalue weighted by Gasteiger charge is 2.26. The minimum atomic E-state index is -0.151. The zero-order valence-electron chi connectivity index (χ0n) is 13.8. The second-order valence-corrected chi connectivity index (χ2v) is 6.88. The molecule has 0 spiro atoms. The molecule has 2 atom stereocenters. The van der Waals surface area contributed by atoms with Crippen LogP contribution in [0, 0.1) is 6.92 Å². The van der Waals surface area contributed by atoms with Gasteiger partial charge in [-0.05, 0) is 26.2 Å². The maximum absolute atomic E-state index is 6.12. The quantitative estimate of drug-likeness (QED) is 0.927. The Labute approximate surface area is 127 Å². The van der Waals surface area contributed by atoms with Gasteiger partial charge in [-0.2, -0.15) is 4.98 Å². The zero-order chi connectivity index (χ0) is 15.6. The van der Waals surface area contributed by atoms with Crippen molar-refractivity contribution in [3.63, 3.8) is 0 Å². The van der Waals surface area contributed by atoms with E-state index >= 15 is 0 Å². The van der Waals surface area contributed by atoms with E-state index in [2.05, 4.69) is 30.7 Å². The summed E-state index contributed by atoms with van der Waals surface area (Å²) in [4.78, 5) is 8.99. The molecule has 1 aromatic rings. The molecule has 2 unspecified atom stereocenters. The topological polar surface area (TPSA) is 70.3 Å². The van der Waals surface area contributed by atoms with Crippen LogP contribution in [-0.4, -0.2) is 29.3 Å². The van der Waals surface area contributed by atoms with E-state index in [0.717, 1.165) is 37.1 Å². The first-order chi connectivity index (χ1) is 9.81. The van der Waals surface area contributed by atoms with Gasteiger partial charge in [0, 0.05) is 18.9 Å². The van der Waals surface area contributed by atoms with E-state index in [0.29, 0.717) is 11.7 Å². The largest absolute Gasteiger partial charge is 0.474 e. The second-order valence-electron chi connectivity index (χ2n) is 6.88. The van der Waals surface area contributed by atoms with Gasteiger partial charge in [0.25, 0.3) is 0 Å². The number of ether oxygens (including phenoxy) is 2. The van der Waals surface area contributed by atoms with E-state index in [9.17, 15) is 0 Å². The molecule has 0 aliphatic heterocycles. The molecule has 1 saturated carbocycles. The Morgan fingerprint density at radius 2 is 1.81 bits per heavy atom. The summed E-state index contributed by atoms with van der Waals surface area (Å²) in [6, 6.07) is 0. The highest BCUT2D eigenvalue weighted by molar-refractivity contribution is 5.45. The predicted octanol–water partition coefficient (Wildman–Crippen LogP) is 3.00. The molecule has 0 radical (unpaired) electrons. The number of rotatable bonds is 3. The van der Waals surface area contributed by atoms with Crippen LogP contribution in [0.15, 0.2) is 0 Å². The van der Waals surface area contributed by atoms with Crippen molar-refractivity contribution in [3.05, 3.63) is 11.4 Å². The normalized spacial score (nSPS) is 23.1. The second kappa shape index (κ2) is 6.18. The fourth-order valence-corrected chi connectivity index (χ4v) is 2.54.